The van der Waals surface area contributed by atoms with Gasteiger partial charge in [0.1, 0.15) is 0 Å². The molecule has 3 aromatic rings. The van der Waals surface area contributed by atoms with Gasteiger partial charge in [0.25, 0.3) is 5.91 Å². The maximum absolute atomic E-state index is 12.2. The first kappa shape index (κ1) is 17.5. The van der Waals surface area contributed by atoms with E-state index in [-0.39, 0.29) is 10.8 Å². The summed E-state index contributed by atoms with van der Waals surface area (Å²) >= 11 is 1.21. The summed E-state index contributed by atoms with van der Waals surface area (Å²) in [5.74, 6) is -0.354. The number of carbonyl (C=O) groups is 1. The molecule has 0 unspecified atom stereocenters. The molecule has 0 radical (unpaired) electrons. The first-order valence-corrected chi connectivity index (χ1v) is 9.75. The Morgan fingerprint density at radius 2 is 2.08 bits per heavy atom. The van der Waals surface area contributed by atoms with Crippen LogP contribution in [-0.4, -0.2) is 47.5 Å². The van der Waals surface area contributed by atoms with Crippen LogP contribution in [0.4, 0.5) is 5.13 Å². The zero-order valence-corrected chi connectivity index (χ0v) is 15.6. The number of nitrogens with one attached hydrogen (secondary N) is 1. The number of sulfonamides is 1. The Bertz CT molecular complexity index is 1040. The zero-order chi connectivity index (χ0) is 18.2. The van der Waals surface area contributed by atoms with Crippen LogP contribution in [0.15, 0.2) is 35.4 Å². The number of carbonyl (C=O) groups excluding carboxylic acids is 1. The summed E-state index contributed by atoms with van der Waals surface area (Å²) in [7, 11) is -0.554. The number of rotatable bonds is 5. The highest BCUT2D eigenvalue weighted by atomic mass is 32.2. The number of thiazole rings is 1. The molecule has 8 nitrogen and oxygen atoms in total. The molecule has 10 heteroatoms. The van der Waals surface area contributed by atoms with E-state index in [4.69, 9.17) is 0 Å². The molecule has 132 valence electrons. The minimum atomic E-state index is -3.51. The van der Waals surface area contributed by atoms with Gasteiger partial charge < -0.3 is 0 Å². The van der Waals surface area contributed by atoms with E-state index in [1.807, 2.05) is 6.92 Å². The van der Waals surface area contributed by atoms with E-state index in [9.17, 15) is 13.2 Å². The Hall–Kier alpha value is -2.30. The molecule has 25 heavy (non-hydrogen) atoms. The van der Waals surface area contributed by atoms with E-state index in [0.29, 0.717) is 27.6 Å². The maximum Gasteiger partial charge on any atom is 0.277 e. The maximum atomic E-state index is 12.2. The number of hydrogen-bond acceptors (Lipinski definition) is 6. The normalized spacial score (nSPS) is 12.0. The van der Waals surface area contributed by atoms with Gasteiger partial charge in [0.05, 0.1) is 15.1 Å². The number of hydrogen-bond donors (Lipinski definition) is 1. The predicted molar refractivity (Wildman–Crippen MR) is 96.3 cm³/mol. The van der Waals surface area contributed by atoms with Gasteiger partial charge in [-0.2, -0.15) is 5.10 Å². The molecule has 1 aromatic carbocycles. The number of benzene rings is 1. The van der Waals surface area contributed by atoms with Crippen molar-refractivity contribution in [3.05, 3.63) is 36.2 Å². The molecule has 0 aliphatic rings. The van der Waals surface area contributed by atoms with Crippen LogP contribution in [0.1, 0.15) is 17.4 Å². The van der Waals surface area contributed by atoms with Gasteiger partial charge in [0.15, 0.2) is 10.8 Å². The molecule has 2 aromatic heterocycles. The van der Waals surface area contributed by atoms with Crippen LogP contribution in [-0.2, 0) is 16.6 Å². The van der Waals surface area contributed by atoms with Gasteiger partial charge in [-0.1, -0.05) is 11.3 Å². The number of nitrogens with zero attached hydrogens (tertiary/aromatic N) is 4. The van der Waals surface area contributed by atoms with E-state index in [2.05, 4.69) is 15.4 Å². The summed E-state index contributed by atoms with van der Waals surface area (Å²) in [6, 6.07) is 6.33. The fourth-order valence-electron chi connectivity index (χ4n) is 2.15. The first-order valence-electron chi connectivity index (χ1n) is 7.49. The molecule has 2 heterocycles. The van der Waals surface area contributed by atoms with Crippen molar-refractivity contribution in [2.75, 3.05) is 19.4 Å². The van der Waals surface area contributed by atoms with E-state index in [1.165, 1.54) is 31.5 Å². The van der Waals surface area contributed by atoms with Crippen molar-refractivity contribution >= 4 is 42.6 Å². The van der Waals surface area contributed by atoms with E-state index in [1.54, 1.807) is 29.1 Å². The summed E-state index contributed by atoms with van der Waals surface area (Å²) in [4.78, 5) is 16.7. The van der Waals surface area contributed by atoms with Gasteiger partial charge >= 0.3 is 0 Å². The Morgan fingerprint density at radius 3 is 2.72 bits per heavy atom. The number of aromatic nitrogens is 3. The van der Waals surface area contributed by atoms with Crippen LogP contribution >= 0.6 is 11.3 Å². The molecular weight excluding hydrogens is 362 g/mol. The minimum absolute atomic E-state index is 0.188. The third-order valence-corrected chi connectivity index (χ3v) is 6.30. The highest BCUT2D eigenvalue weighted by Crippen LogP contribution is 2.29. The SMILES string of the molecule is CCn1ccc(C(=O)Nc2nc3ccc(S(=O)(=O)N(C)C)cc3s2)n1. The topological polar surface area (TPSA) is 97.2 Å². The average molecular weight is 379 g/mol. The Labute approximate surface area is 149 Å². The smallest absolute Gasteiger partial charge is 0.277 e. The van der Waals surface area contributed by atoms with E-state index >= 15 is 0 Å². The lowest BCUT2D eigenvalue weighted by molar-refractivity contribution is 0.102. The van der Waals surface area contributed by atoms with Crippen molar-refractivity contribution in [1.82, 2.24) is 19.1 Å². The summed E-state index contributed by atoms with van der Waals surface area (Å²) in [6.45, 7) is 2.61. The predicted octanol–water partition coefficient (Wildman–Crippen LogP) is 2.02. The molecule has 0 saturated carbocycles. The number of fused-ring (bicyclic) bond motifs is 1. The van der Waals surface area contributed by atoms with Crippen molar-refractivity contribution in [1.29, 1.82) is 0 Å². The van der Waals surface area contributed by atoms with Crippen LogP contribution in [0.2, 0.25) is 0 Å². The van der Waals surface area contributed by atoms with Crippen molar-refractivity contribution in [2.45, 2.75) is 18.4 Å². The van der Waals surface area contributed by atoms with Crippen LogP contribution < -0.4 is 5.32 Å². The third-order valence-electron chi connectivity index (χ3n) is 3.56. The monoisotopic (exact) mass is 379 g/mol. The standard InChI is InChI=1S/C15H17N5O3S2/c1-4-20-8-7-12(18-20)14(21)17-15-16-11-6-5-10(9-13(11)24-15)25(22,23)19(2)3/h5-9H,4H2,1-3H3,(H,16,17,21). The lowest BCUT2D eigenvalue weighted by Gasteiger charge is -2.10. The molecule has 0 aliphatic heterocycles. The number of anilines is 1. The lowest BCUT2D eigenvalue weighted by atomic mass is 10.3. The van der Waals surface area contributed by atoms with E-state index < -0.39 is 10.0 Å². The third kappa shape index (κ3) is 3.41. The molecule has 0 spiro atoms. The van der Waals surface area contributed by atoms with Gasteiger partial charge in [-0.05, 0) is 31.2 Å². The highest BCUT2D eigenvalue weighted by molar-refractivity contribution is 7.89. The summed E-state index contributed by atoms with van der Waals surface area (Å²) < 4.78 is 27.9. The molecule has 0 atom stereocenters. The number of amides is 1. The van der Waals surface area contributed by atoms with Gasteiger partial charge in [-0.25, -0.2) is 17.7 Å². The van der Waals surface area contributed by atoms with Crippen molar-refractivity contribution in [2.24, 2.45) is 0 Å². The van der Waals surface area contributed by atoms with Gasteiger partial charge in [0.2, 0.25) is 10.0 Å². The molecule has 0 bridgehead atoms. The molecule has 1 amide bonds. The fourth-order valence-corrected chi connectivity index (χ4v) is 4.05. The van der Waals surface area contributed by atoms with Crippen LogP contribution in [0.3, 0.4) is 0 Å². The largest absolute Gasteiger partial charge is 0.296 e. The van der Waals surface area contributed by atoms with Gasteiger partial charge in [-0.15, -0.1) is 0 Å². The van der Waals surface area contributed by atoms with Crippen molar-refractivity contribution in [3.8, 4) is 0 Å². The van der Waals surface area contributed by atoms with E-state index in [0.717, 1.165) is 4.31 Å². The molecular formula is C15H17N5O3S2. The number of aryl methyl sites for hydroxylation is 1. The Morgan fingerprint density at radius 1 is 1.32 bits per heavy atom. The molecule has 0 aliphatic carbocycles. The molecule has 1 N–H and O–H groups in total. The second kappa shape index (κ2) is 6.54. The quantitative estimate of drug-likeness (QED) is 0.731. The second-order valence-electron chi connectivity index (χ2n) is 5.45. The van der Waals surface area contributed by atoms with Gasteiger partial charge in [-0.3, -0.25) is 14.8 Å². The zero-order valence-electron chi connectivity index (χ0n) is 13.9. The Kier molecular flexibility index (Phi) is 4.58. The minimum Gasteiger partial charge on any atom is -0.296 e. The molecule has 0 fully saturated rings. The Balaban J connectivity index is 1.87. The summed E-state index contributed by atoms with van der Waals surface area (Å²) in [5, 5.41) is 7.23. The molecule has 3 rings (SSSR count). The first-order chi connectivity index (χ1) is 11.8. The molecule has 0 saturated heterocycles. The lowest BCUT2D eigenvalue weighted by Crippen LogP contribution is -2.22. The van der Waals surface area contributed by atoms with Crippen molar-refractivity contribution in [3.63, 3.8) is 0 Å². The average Bonchev–Trinajstić information content (AvgIpc) is 3.19. The second-order valence-corrected chi connectivity index (χ2v) is 8.63. The highest BCUT2D eigenvalue weighted by Gasteiger charge is 2.19. The van der Waals surface area contributed by atoms with Crippen LogP contribution in [0.5, 0.6) is 0 Å². The van der Waals surface area contributed by atoms with Crippen molar-refractivity contribution < 1.29 is 13.2 Å². The van der Waals surface area contributed by atoms with Crippen LogP contribution in [0, 0.1) is 0 Å². The summed E-state index contributed by atoms with van der Waals surface area (Å²) in [6.07, 6.45) is 1.73. The fraction of sp³-hybridized carbons (Fsp3) is 0.267. The summed E-state index contributed by atoms with van der Waals surface area (Å²) in [5.41, 5.74) is 0.925. The van der Waals surface area contributed by atoms with Gasteiger partial charge in [0, 0.05) is 26.8 Å². The van der Waals surface area contributed by atoms with Crippen LogP contribution in [0.25, 0.3) is 10.2 Å².